The first-order valence-electron chi connectivity index (χ1n) is 12.5. The third kappa shape index (κ3) is 6.38. The summed E-state index contributed by atoms with van der Waals surface area (Å²) in [6, 6.07) is 9.32. The summed E-state index contributed by atoms with van der Waals surface area (Å²) in [5.74, 6) is -1.41. The summed E-state index contributed by atoms with van der Waals surface area (Å²) in [7, 11) is 1.53. The third-order valence-electron chi connectivity index (χ3n) is 7.32. The van der Waals surface area contributed by atoms with Crippen LogP contribution in [0, 0.1) is 17.0 Å². The van der Waals surface area contributed by atoms with Gasteiger partial charge >= 0.3 is 5.97 Å². The number of carbonyl (C=O) groups is 1. The normalized spacial score (nSPS) is 16.4. The van der Waals surface area contributed by atoms with E-state index < -0.39 is 29.2 Å². The summed E-state index contributed by atoms with van der Waals surface area (Å²) in [4.78, 5) is 19.0. The van der Waals surface area contributed by atoms with E-state index in [1.54, 1.807) is 24.3 Å². The summed E-state index contributed by atoms with van der Waals surface area (Å²) in [6.07, 6.45) is 1.77. The monoisotopic (exact) mass is 566 g/mol. The molecule has 1 aliphatic rings. The van der Waals surface area contributed by atoms with Crippen molar-refractivity contribution < 1.29 is 27.8 Å². The largest absolute Gasteiger partial charge is 0.497 e. The lowest BCUT2D eigenvalue weighted by atomic mass is 9.74. The van der Waals surface area contributed by atoms with Crippen LogP contribution in [0.5, 0.6) is 5.75 Å². The van der Waals surface area contributed by atoms with Gasteiger partial charge in [0.2, 0.25) is 0 Å². The molecular formula is C28H30ClF3N2O3S. The van der Waals surface area contributed by atoms with E-state index in [1.807, 2.05) is 0 Å². The number of aliphatic carboxylic acids is 1. The molecule has 2 aromatic carbocycles. The molecule has 0 unspecified atom stereocenters. The Hall–Kier alpha value is -2.49. The fourth-order valence-electron chi connectivity index (χ4n) is 5.00. The van der Waals surface area contributed by atoms with Crippen molar-refractivity contribution in [3.05, 3.63) is 64.8 Å². The van der Waals surface area contributed by atoms with Gasteiger partial charge in [0.05, 0.1) is 23.1 Å². The number of pyridine rings is 1. The van der Waals surface area contributed by atoms with Gasteiger partial charge in [-0.2, -0.15) is 0 Å². The Bertz CT molecular complexity index is 1290. The average Bonchev–Trinajstić information content (AvgIpc) is 2.92. The van der Waals surface area contributed by atoms with E-state index in [0.717, 1.165) is 19.0 Å². The Labute approximate surface area is 229 Å². The number of benzene rings is 2. The summed E-state index contributed by atoms with van der Waals surface area (Å²) < 4.78 is 48.1. The van der Waals surface area contributed by atoms with E-state index in [9.17, 15) is 18.7 Å². The molecule has 4 rings (SSSR count). The van der Waals surface area contributed by atoms with Crippen molar-refractivity contribution in [2.45, 2.75) is 43.2 Å². The van der Waals surface area contributed by atoms with Crippen LogP contribution in [0.4, 0.5) is 13.2 Å². The maximum atomic E-state index is 15.6. The molecule has 0 spiro atoms. The van der Waals surface area contributed by atoms with E-state index in [-0.39, 0.29) is 22.8 Å². The van der Waals surface area contributed by atoms with Crippen LogP contribution in [0.25, 0.3) is 10.9 Å². The number of carboxylic acids is 1. The molecule has 1 fully saturated rings. The molecule has 0 amide bonds. The molecule has 38 heavy (non-hydrogen) atoms. The minimum absolute atomic E-state index is 0.0260. The molecule has 5 nitrogen and oxygen atoms in total. The lowest BCUT2D eigenvalue weighted by Gasteiger charge is -2.39. The van der Waals surface area contributed by atoms with Crippen molar-refractivity contribution >= 4 is 40.2 Å². The Balaban J connectivity index is 1.33. The van der Waals surface area contributed by atoms with Crippen molar-refractivity contribution in [2.75, 3.05) is 32.5 Å². The number of methoxy groups -OCH3 is 1. The van der Waals surface area contributed by atoms with Crippen molar-refractivity contribution in [3.8, 4) is 5.75 Å². The van der Waals surface area contributed by atoms with Gasteiger partial charge in [0.1, 0.15) is 11.9 Å². The van der Waals surface area contributed by atoms with Gasteiger partial charge in [-0.3, -0.25) is 9.78 Å². The molecule has 0 saturated carbocycles. The predicted molar refractivity (Wildman–Crippen MR) is 144 cm³/mol. The second kappa shape index (κ2) is 12.6. The van der Waals surface area contributed by atoms with Crippen LogP contribution in [0.2, 0.25) is 5.02 Å². The summed E-state index contributed by atoms with van der Waals surface area (Å²) in [6.45, 7) is 1.89. The minimum Gasteiger partial charge on any atom is -0.497 e. The number of hydrogen-bond acceptors (Lipinski definition) is 5. The zero-order chi connectivity index (χ0) is 27.3. The molecule has 1 saturated heterocycles. The van der Waals surface area contributed by atoms with Crippen LogP contribution in [0.3, 0.4) is 0 Å². The molecule has 3 aromatic rings. The third-order valence-corrected chi connectivity index (χ3v) is 8.74. The summed E-state index contributed by atoms with van der Waals surface area (Å²) >= 11 is 7.61. The Morgan fingerprint density at radius 3 is 2.74 bits per heavy atom. The van der Waals surface area contributed by atoms with Gasteiger partial charge in [0.25, 0.3) is 0 Å². The van der Waals surface area contributed by atoms with Gasteiger partial charge in [-0.05, 0) is 87.8 Å². The van der Waals surface area contributed by atoms with Gasteiger partial charge < -0.3 is 14.7 Å². The molecular weight excluding hydrogens is 537 g/mol. The van der Waals surface area contributed by atoms with Crippen LogP contribution in [-0.4, -0.2) is 53.5 Å². The second-order valence-electron chi connectivity index (χ2n) is 9.59. The molecule has 0 radical (unpaired) electrons. The minimum atomic E-state index is -1.45. The molecule has 1 atom stereocenters. The van der Waals surface area contributed by atoms with Gasteiger partial charge in [-0.15, -0.1) is 11.8 Å². The number of fused-ring (bicyclic) bond motifs is 1. The highest BCUT2D eigenvalue weighted by molar-refractivity contribution is 7.99. The SMILES string of the molecule is COc1ccc2ncc(Cl)c([C@@H](F)CCC3(C(=O)O)CCN(CCCSc4cccc(F)c4F)CC3)c2c1. The molecule has 1 aromatic heterocycles. The number of thioether (sulfide) groups is 1. The number of hydrogen-bond donors (Lipinski definition) is 1. The highest BCUT2D eigenvalue weighted by atomic mass is 35.5. The van der Waals surface area contributed by atoms with Gasteiger partial charge in [0, 0.05) is 22.0 Å². The summed E-state index contributed by atoms with van der Waals surface area (Å²) in [5.41, 5.74) is -0.110. The number of piperidine rings is 1. The highest BCUT2D eigenvalue weighted by Gasteiger charge is 2.41. The topological polar surface area (TPSA) is 62.7 Å². The fraction of sp³-hybridized carbons (Fsp3) is 0.429. The number of ether oxygens (including phenoxy) is 1. The number of nitrogens with zero attached hydrogens (tertiary/aromatic N) is 2. The maximum Gasteiger partial charge on any atom is 0.309 e. The Kier molecular flexibility index (Phi) is 9.44. The molecule has 0 bridgehead atoms. The number of carboxylic acid groups (broad SMARTS) is 1. The molecule has 0 aliphatic carbocycles. The van der Waals surface area contributed by atoms with Crippen LogP contribution < -0.4 is 4.74 Å². The van der Waals surface area contributed by atoms with E-state index >= 15 is 4.39 Å². The zero-order valence-electron chi connectivity index (χ0n) is 21.1. The van der Waals surface area contributed by atoms with Gasteiger partial charge in [-0.1, -0.05) is 17.7 Å². The molecule has 204 valence electrons. The lowest BCUT2D eigenvalue weighted by Crippen LogP contribution is -2.44. The van der Waals surface area contributed by atoms with E-state index in [2.05, 4.69) is 9.88 Å². The number of rotatable bonds is 11. The fourth-order valence-corrected chi connectivity index (χ4v) is 6.16. The van der Waals surface area contributed by atoms with Gasteiger partial charge in [0.15, 0.2) is 11.6 Å². The molecule has 10 heteroatoms. The zero-order valence-corrected chi connectivity index (χ0v) is 22.6. The first kappa shape index (κ1) is 28.5. The van der Waals surface area contributed by atoms with Crippen molar-refractivity contribution in [1.82, 2.24) is 9.88 Å². The van der Waals surface area contributed by atoms with Crippen LogP contribution in [0.15, 0.2) is 47.5 Å². The van der Waals surface area contributed by atoms with E-state index in [0.29, 0.717) is 53.9 Å². The van der Waals surface area contributed by atoms with E-state index in [1.165, 1.54) is 31.1 Å². The summed E-state index contributed by atoms with van der Waals surface area (Å²) in [5, 5.41) is 10.8. The average molecular weight is 567 g/mol. The smallest absolute Gasteiger partial charge is 0.309 e. The quantitative estimate of drug-likeness (QED) is 0.194. The lowest BCUT2D eigenvalue weighted by molar-refractivity contribution is -0.153. The standard InChI is InChI=1S/C28H30ClF3N2O3S/c1-37-18-6-7-23-19(16-18)25(20(29)17-33-23)21(30)8-9-28(27(35)36)10-13-34(14-11-28)12-3-15-38-24-5-2-4-22(31)26(24)32/h2,4-7,16-17,21H,3,8-15H2,1H3,(H,35,36)/t21-/m0/s1. The molecule has 1 aliphatic heterocycles. The van der Waals surface area contributed by atoms with Crippen LogP contribution >= 0.6 is 23.4 Å². The Morgan fingerprint density at radius 1 is 1.26 bits per heavy atom. The molecule has 2 heterocycles. The maximum absolute atomic E-state index is 15.6. The van der Waals surface area contributed by atoms with Crippen LogP contribution in [0.1, 0.15) is 43.8 Å². The number of likely N-dealkylation sites (tertiary alicyclic amines) is 1. The predicted octanol–water partition coefficient (Wildman–Crippen LogP) is 7.32. The molecule has 1 N–H and O–H groups in total. The highest BCUT2D eigenvalue weighted by Crippen LogP contribution is 2.42. The number of halogens is 4. The van der Waals surface area contributed by atoms with Crippen molar-refractivity contribution in [3.63, 3.8) is 0 Å². The number of aromatic nitrogens is 1. The first-order valence-corrected chi connectivity index (χ1v) is 13.9. The van der Waals surface area contributed by atoms with Gasteiger partial charge in [-0.25, -0.2) is 13.2 Å². The first-order chi connectivity index (χ1) is 18.2. The second-order valence-corrected chi connectivity index (χ2v) is 11.1. The Morgan fingerprint density at radius 2 is 2.03 bits per heavy atom. The van der Waals surface area contributed by atoms with Crippen molar-refractivity contribution in [2.24, 2.45) is 5.41 Å². The van der Waals surface area contributed by atoms with Crippen molar-refractivity contribution in [1.29, 1.82) is 0 Å². The van der Waals surface area contributed by atoms with Crippen LogP contribution in [-0.2, 0) is 4.79 Å². The van der Waals surface area contributed by atoms with E-state index in [4.69, 9.17) is 16.3 Å². The number of alkyl halides is 1.